The van der Waals surface area contributed by atoms with Crippen molar-refractivity contribution in [2.45, 2.75) is 77.9 Å². The molecular formula is C18H38N2O3. The Hall–Kier alpha value is -1.10. The van der Waals surface area contributed by atoms with Crippen LogP contribution in [0.4, 0.5) is 0 Å². The molecule has 23 heavy (non-hydrogen) atoms. The molecule has 0 bridgehead atoms. The van der Waals surface area contributed by atoms with Crippen LogP contribution in [-0.2, 0) is 14.3 Å². The van der Waals surface area contributed by atoms with Crippen LogP contribution in [0.5, 0.6) is 0 Å². The van der Waals surface area contributed by atoms with Crippen molar-refractivity contribution in [1.29, 1.82) is 0 Å². The summed E-state index contributed by atoms with van der Waals surface area (Å²) < 4.78 is 5.96. The molecule has 0 saturated heterocycles. The molecule has 2 N–H and O–H groups in total. The van der Waals surface area contributed by atoms with Crippen molar-refractivity contribution in [2.75, 3.05) is 13.7 Å². The van der Waals surface area contributed by atoms with E-state index in [9.17, 15) is 9.59 Å². The molecule has 5 heteroatoms. The van der Waals surface area contributed by atoms with E-state index in [2.05, 4.69) is 10.6 Å². The third kappa shape index (κ3) is 6.90. The minimum atomic E-state index is -0.632. The van der Waals surface area contributed by atoms with Gasteiger partial charge in [0.05, 0.1) is 6.10 Å². The molecule has 0 aromatic carbocycles. The minimum Gasteiger partial charge on any atom is -0.376 e. The molecule has 0 spiro atoms. The molecule has 3 unspecified atom stereocenters. The Balaban J connectivity index is 0. The average molecular weight is 331 g/mol. The summed E-state index contributed by atoms with van der Waals surface area (Å²) >= 11 is 0. The second kappa shape index (κ2) is 10.6. The smallest absolute Gasteiger partial charge is 0.245 e. The molecule has 3 atom stereocenters. The zero-order valence-electron chi connectivity index (χ0n) is 15.2. The van der Waals surface area contributed by atoms with Crippen molar-refractivity contribution in [3.05, 3.63) is 0 Å². The predicted octanol–water partition coefficient (Wildman–Crippen LogP) is 3.13. The highest BCUT2D eigenvalue weighted by molar-refractivity contribution is 5.88. The summed E-state index contributed by atoms with van der Waals surface area (Å²) in [5, 5.41) is 5.46. The molecule has 1 aliphatic rings. The van der Waals surface area contributed by atoms with Gasteiger partial charge in [-0.3, -0.25) is 9.59 Å². The maximum atomic E-state index is 12.1. The van der Waals surface area contributed by atoms with E-state index in [4.69, 9.17) is 4.74 Å². The fourth-order valence-electron chi connectivity index (χ4n) is 2.95. The third-order valence-corrected chi connectivity index (χ3v) is 4.93. The summed E-state index contributed by atoms with van der Waals surface area (Å²) in [6, 6.07) is -0.632. The van der Waals surface area contributed by atoms with E-state index < -0.39 is 6.04 Å². The van der Waals surface area contributed by atoms with E-state index in [1.165, 1.54) is 38.5 Å². The van der Waals surface area contributed by atoms with Crippen LogP contribution in [0.15, 0.2) is 0 Å². The summed E-state index contributed by atoms with van der Waals surface area (Å²) in [5.74, 6) is 0.188. The number of hydrogen-bond acceptors (Lipinski definition) is 3. The zero-order valence-corrected chi connectivity index (χ0v) is 15.2. The predicted molar refractivity (Wildman–Crippen MR) is 96.3 cm³/mol. The van der Waals surface area contributed by atoms with Crippen molar-refractivity contribution in [3.8, 4) is 0 Å². The molecule has 5 nitrogen and oxygen atoms in total. The van der Waals surface area contributed by atoms with Gasteiger partial charge in [-0.15, -0.1) is 0 Å². The van der Waals surface area contributed by atoms with E-state index in [0.717, 1.165) is 6.42 Å². The van der Waals surface area contributed by atoms with Gasteiger partial charge in [0.25, 0.3) is 0 Å². The van der Waals surface area contributed by atoms with Crippen LogP contribution in [0, 0.1) is 11.8 Å². The van der Waals surface area contributed by atoms with Crippen LogP contribution >= 0.6 is 0 Å². The van der Waals surface area contributed by atoms with Gasteiger partial charge >= 0.3 is 0 Å². The lowest BCUT2D eigenvalue weighted by atomic mass is 10.0. The van der Waals surface area contributed by atoms with Gasteiger partial charge in [-0.2, -0.15) is 0 Å². The lowest BCUT2D eigenvalue weighted by Gasteiger charge is -2.26. The summed E-state index contributed by atoms with van der Waals surface area (Å²) in [6.07, 6.45) is 8.01. The van der Waals surface area contributed by atoms with Crippen LogP contribution in [-0.4, -0.2) is 37.6 Å². The van der Waals surface area contributed by atoms with Crippen LogP contribution in [0.25, 0.3) is 0 Å². The Morgan fingerprint density at radius 1 is 1.13 bits per heavy atom. The van der Waals surface area contributed by atoms with Crippen LogP contribution in [0.3, 0.4) is 0 Å². The molecular weight excluding hydrogens is 292 g/mol. The van der Waals surface area contributed by atoms with Gasteiger partial charge in [-0.25, -0.2) is 0 Å². The molecule has 2 amide bonds. The van der Waals surface area contributed by atoms with Crippen LogP contribution in [0.2, 0.25) is 0 Å². The molecule has 0 heterocycles. The summed E-state index contributed by atoms with van der Waals surface area (Å²) in [4.78, 5) is 24.2. The van der Waals surface area contributed by atoms with E-state index in [1.54, 1.807) is 7.05 Å². The number of hydrogen-bond donors (Lipinski definition) is 2. The first-order chi connectivity index (χ1) is 11.0. The number of rotatable bonds is 8. The van der Waals surface area contributed by atoms with Gasteiger partial charge in [0, 0.05) is 22.4 Å². The molecule has 0 radical (unpaired) electrons. The Kier molecular flexibility index (Phi) is 9.22. The summed E-state index contributed by atoms with van der Waals surface area (Å²) in [6.45, 7) is 6.37. The van der Waals surface area contributed by atoms with E-state index in [-0.39, 0.29) is 26.7 Å². The van der Waals surface area contributed by atoms with Crippen molar-refractivity contribution >= 4 is 11.8 Å². The number of amides is 2. The quantitative estimate of drug-likeness (QED) is 0.672. The number of carbonyl (C=O) groups excluding carboxylic acids is 2. The van der Waals surface area contributed by atoms with Gasteiger partial charge in [-0.1, -0.05) is 39.5 Å². The Morgan fingerprint density at radius 2 is 1.74 bits per heavy atom. The molecule has 138 valence electrons. The third-order valence-electron chi connectivity index (χ3n) is 4.93. The number of carbonyl (C=O) groups is 2. The molecule has 1 aliphatic carbocycles. The topological polar surface area (TPSA) is 67.4 Å². The Bertz CT molecular complexity index is 375. The van der Waals surface area contributed by atoms with Gasteiger partial charge in [-0.05, 0) is 32.1 Å². The molecule has 1 saturated carbocycles. The molecule has 1 rings (SSSR count). The van der Waals surface area contributed by atoms with Crippen molar-refractivity contribution < 1.29 is 17.2 Å². The van der Waals surface area contributed by atoms with Crippen LogP contribution < -0.4 is 10.6 Å². The minimum absolute atomic E-state index is 0. The fraction of sp³-hybridized carbons (Fsp3) is 0.889. The van der Waals surface area contributed by atoms with E-state index in [1.807, 2.05) is 20.8 Å². The fourth-order valence-corrected chi connectivity index (χ4v) is 2.95. The number of ether oxygens (including phenoxy) is 1. The van der Waals surface area contributed by atoms with Crippen molar-refractivity contribution in [2.24, 2.45) is 11.8 Å². The highest BCUT2D eigenvalue weighted by Crippen LogP contribution is 2.23. The van der Waals surface area contributed by atoms with Gasteiger partial charge in [0.1, 0.15) is 6.04 Å². The molecule has 0 aliphatic heterocycles. The maximum Gasteiger partial charge on any atom is 0.245 e. The number of likely N-dealkylation sites (N-methyl/N-ethyl adjacent to an activating group) is 1. The SMILES string of the molecule is CCC(C)C(=O)NC(C(=O)NC)C(C)OCC1CCCCCC1.[HH].[HH]. The lowest BCUT2D eigenvalue weighted by Crippen LogP contribution is -2.53. The second-order valence-electron chi connectivity index (χ2n) is 6.81. The highest BCUT2D eigenvalue weighted by Gasteiger charge is 2.28. The average Bonchev–Trinajstić information content (AvgIpc) is 2.84. The summed E-state index contributed by atoms with van der Waals surface area (Å²) in [5.41, 5.74) is 0. The lowest BCUT2D eigenvalue weighted by molar-refractivity contribution is -0.134. The highest BCUT2D eigenvalue weighted by atomic mass is 16.5. The van der Waals surface area contributed by atoms with Crippen molar-refractivity contribution in [3.63, 3.8) is 0 Å². The zero-order chi connectivity index (χ0) is 17.2. The summed E-state index contributed by atoms with van der Waals surface area (Å²) in [7, 11) is 1.59. The first-order valence-electron chi connectivity index (χ1n) is 9.13. The normalized spacial score (nSPS) is 20.2. The standard InChI is InChI=1S/C18H34N2O3.2H2/c1-5-13(2)17(21)20-16(18(22)19-4)14(3)23-12-15-10-8-6-7-9-11-15;;/h13-16H,5-12H2,1-4H3,(H,19,22)(H,20,21);2*1H. The second-order valence-corrected chi connectivity index (χ2v) is 6.81. The Morgan fingerprint density at radius 3 is 2.26 bits per heavy atom. The monoisotopic (exact) mass is 330 g/mol. The molecule has 0 aromatic rings. The first-order valence-corrected chi connectivity index (χ1v) is 9.13. The Labute approximate surface area is 143 Å². The molecule has 1 fully saturated rings. The molecule has 0 aromatic heterocycles. The van der Waals surface area contributed by atoms with Gasteiger partial charge in [0.15, 0.2) is 0 Å². The van der Waals surface area contributed by atoms with E-state index in [0.29, 0.717) is 12.5 Å². The van der Waals surface area contributed by atoms with Crippen LogP contribution in [0.1, 0.15) is 68.6 Å². The van der Waals surface area contributed by atoms with Gasteiger partial charge in [0.2, 0.25) is 11.8 Å². The van der Waals surface area contributed by atoms with Gasteiger partial charge < -0.3 is 15.4 Å². The maximum absolute atomic E-state index is 12.1. The number of nitrogens with one attached hydrogen (secondary N) is 2. The van der Waals surface area contributed by atoms with Crippen molar-refractivity contribution in [1.82, 2.24) is 10.6 Å². The first kappa shape index (κ1) is 19.9. The van der Waals surface area contributed by atoms with E-state index >= 15 is 0 Å². The largest absolute Gasteiger partial charge is 0.376 e.